The summed E-state index contributed by atoms with van der Waals surface area (Å²) < 4.78 is 24.6. The van der Waals surface area contributed by atoms with Crippen LogP contribution in [0.2, 0.25) is 0 Å². The number of ether oxygens (including phenoxy) is 2. The number of benzene rings is 2. The number of likely N-dealkylation sites (N-methyl/N-ethyl adjacent to an activating group) is 1. The molecular formula is C22H25FN4O4. The monoisotopic (exact) mass is 428 g/mol. The van der Waals surface area contributed by atoms with Crippen LogP contribution in [0.15, 0.2) is 42.5 Å². The van der Waals surface area contributed by atoms with Crippen LogP contribution in [0.4, 0.5) is 10.1 Å². The number of nitrogens with zero attached hydrogens (tertiary/aromatic N) is 2. The van der Waals surface area contributed by atoms with E-state index in [4.69, 9.17) is 9.47 Å². The largest absolute Gasteiger partial charge is 0.454 e. The highest BCUT2D eigenvalue weighted by atomic mass is 19.1. The Bertz CT molecular complexity index is 962. The summed E-state index contributed by atoms with van der Waals surface area (Å²) in [6.45, 7) is 3.88. The molecule has 2 aromatic carbocycles. The maximum atomic E-state index is 13.8. The van der Waals surface area contributed by atoms with Crippen molar-refractivity contribution < 1.29 is 23.5 Å². The van der Waals surface area contributed by atoms with Gasteiger partial charge in [-0.15, -0.1) is 0 Å². The minimum Gasteiger partial charge on any atom is -0.454 e. The summed E-state index contributed by atoms with van der Waals surface area (Å²) in [6.07, 6.45) is 0. The molecule has 0 bridgehead atoms. The first kappa shape index (κ1) is 21.1. The van der Waals surface area contributed by atoms with E-state index in [-0.39, 0.29) is 25.1 Å². The van der Waals surface area contributed by atoms with Gasteiger partial charge in [0, 0.05) is 32.7 Å². The van der Waals surface area contributed by atoms with Crippen molar-refractivity contribution in [1.29, 1.82) is 0 Å². The van der Waals surface area contributed by atoms with Crippen molar-refractivity contribution >= 4 is 17.5 Å². The summed E-state index contributed by atoms with van der Waals surface area (Å²) >= 11 is 0. The molecule has 1 fully saturated rings. The molecule has 8 nitrogen and oxygen atoms in total. The number of carbonyl (C=O) groups is 2. The van der Waals surface area contributed by atoms with Crippen LogP contribution in [0, 0.1) is 5.82 Å². The highest BCUT2D eigenvalue weighted by molar-refractivity contribution is 6.39. The molecule has 164 valence electrons. The standard InChI is InChI=1S/C22H25FN4O4/c1-26-8-10-27(11-9-26)18(15-6-7-19-20(12-15)31-14-30-19)13-24-21(28)22(29)25-17-5-3-2-4-16(17)23/h2-7,12,18H,8-11,13-14H2,1H3,(H,24,28)(H,25,29)/t18-/m0/s1. The Morgan fingerprint density at radius 3 is 2.55 bits per heavy atom. The number of hydrogen-bond donors (Lipinski definition) is 2. The lowest BCUT2D eigenvalue weighted by molar-refractivity contribution is -0.136. The number of carbonyl (C=O) groups excluding carboxylic acids is 2. The van der Waals surface area contributed by atoms with Crippen LogP contribution < -0.4 is 20.1 Å². The van der Waals surface area contributed by atoms with Gasteiger partial charge in [0.25, 0.3) is 0 Å². The zero-order valence-electron chi connectivity index (χ0n) is 17.3. The molecule has 0 aliphatic carbocycles. The molecule has 4 rings (SSSR count). The Morgan fingerprint density at radius 1 is 1.03 bits per heavy atom. The molecule has 2 aliphatic heterocycles. The number of anilines is 1. The second-order valence-electron chi connectivity index (χ2n) is 7.61. The van der Waals surface area contributed by atoms with Crippen molar-refractivity contribution in [3.05, 3.63) is 53.8 Å². The first-order valence-corrected chi connectivity index (χ1v) is 10.2. The van der Waals surface area contributed by atoms with Gasteiger partial charge in [0.15, 0.2) is 11.5 Å². The quantitative estimate of drug-likeness (QED) is 0.704. The third kappa shape index (κ3) is 4.95. The molecule has 2 aromatic rings. The van der Waals surface area contributed by atoms with Crippen molar-refractivity contribution in [2.45, 2.75) is 6.04 Å². The van der Waals surface area contributed by atoms with Gasteiger partial charge in [-0.2, -0.15) is 0 Å². The van der Waals surface area contributed by atoms with Crippen LogP contribution >= 0.6 is 0 Å². The zero-order valence-corrected chi connectivity index (χ0v) is 17.3. The van der Waals surface area contributed by atoms with Crippen LogP contribution in [0.3, 0.4) is 0 Å². The van der Waals surface area contributed by atoms with Gasteiger partial charge in [-0.25, -0.2) is 4.39 Å². The Balaban J connectivity index is 1.45. The number of fused-ring (bicyclic) bond motifs is 1. The number of halogens is 1. The number of amides is 2. The topological polar surface area (TPSA) is 83.1 Å². The van der Waals surface area contributed by atoms with E-state index in [1.807, 2.05) is 18.2 Å². The van der Waals surface area contributed by atoms with Gasteiger partial charge >= 0.3 is 11.8 Å². The van der Waals surface area contributed by atoms with Crippen LogP contribution in [-0.2, 0) is 9.59 Å². The first-order chi connectivity index (χ1) is 15.0. The number of rotatable bonds is 5. The van der Waals surface area contributed by atoms with Crippen molar-refractivity contribution in [3.8, 4) is 11.5 Å². The van der Waals surface area contributed by atoms with Gasteiger partial charge in [0.1, 0.15) is 5.82 Å². The van der Waals surface area contributed by atoms with E-state index >= 15 is 0 Å². The predicted molar refractivity (Wildman–Crippen MR) is 112 cm³/mol. The van der Waals surface area contributed by atoms with Crippen molar-refractivity contribution in [2.75, 3.05) is 51.9 Å². The fourth-order valence-electron chi connectivity index (χ4n) is 3.72. The van der Waals surface area contributed by atoms with Crippen LogP contribution in [0.1, 0.15) is 11.6 Å². The van der Waals surface area contributed by atoms with E-state index in [0.717, 1.165) is 31.7 Å². The molecule has 0 aromatic heterocycles. The normalized spacial score (nSPS) is 17.2. The second-order valence-corrected chi connectivity index (χ2v) is 7.61. The summed E-state index contributed by atoms with van der Waals surface area (Å²) in [7, 11) is 2.07. The van der Waals surface area contributed by atoms with Crippen molar-refractivity contribution in [1.82, 2.24) is 15.1 Å². The fourth-order valence-corrected chi connectivity index (χ4v) is 3.72. The molecule has 0 radical (unpaired) electrons. The molecule has 1 atom stereocenters. The third-order valence-electron chi connectivity index (χ3n) is 5.54. The molecule has 31 heavy (non-hydrogen) atoms. The van der Waals surface area contributed by atoms with Gasteiger partial charge in [-0.05, 0) is 36.9 Å². The second kappa shape index (κ2) is 9.32. The molecule has 0 unspecified atom stereocenters. The van der Waals surface area contributed by atoms with Crippen molar-refractivity contribution in [3.63, 3.8) is 0 Å². The van der Waals surface area contributed by atoms with E-state index in [1.54, 1.807) is 6.07 Å². The fraction of sp³-hybridized carbons (Fsp3) is 0.364. The Hall–Kier alpha value is -3.17. The third-order valence-corrected chi connectivity index (χ3v) is 5.54. The van der Waals surface area contributed by atoms with Gasteiger partial charge in [0.05, 0.1) is 11.7 Å². The van der Waals surface area contributed by atoms with Gasteiger partial charge in [-0.1, -0.05) is 18.2 Å². The van der Waals surface area contributed by atoms with E-state index in [1.165, 1.54) is 18.2 Å². The first-order valence-electron chi connectivity index (χ1n) is 10.2. The highest BCUT2D eigenvalue weighted by Crippen LogP contribution is 2.35. The lowest BCUT2D eigenvalue weighted by atomic mass is 10.0. The van der Waals surface area contributed by atoms with Gasteiger partial charge < -0.3 is 25.0 Å². The summed E-state index contributed by atoms with van der Waals surface area (Å²) in [5.41, 5.74) is 0.928. The average molecular weight is 428 g/mol. The number of para-hydroxylation sites is 1. The summed E-state index contributed by atoms with van der Waals surface area (Å²) in [5.74, 6) is -0.968. The molecule has 9 heteroatoms. The SMILES string of the molecule is CN1CCN([C@@H](CNC(=O)C(=O)Nc2ccccc2F)c2ccc3c(c2)OCO3)CC1. The lowest BCUT2D eigenvalue weighted by Gasteiger charge is -2.38. The number of nitrogens with one attached hydrogen (secondary N) is 2. The molecular weight excluding hydrogens is 403 g/mol. The summed E-state index contributed by atoms with van der Waals surface area (Å²) in [6, 6.07) is 11.3. The maximum absolute atomic E-state index is 13.8. The highest BCUT2D eigenvalue weighted by Gasteiger charge is 2.27. The molecule has 1 saturated heterocycles. The molecule has 2 aliphatic rings. The van der Waals surface area contributed by atoms with Crippen LogP contribution in [0.5, 0.6) is 11.5 Å². The van der Waals surface area contributed by atoms with Crippen LogP contribution in [-0.4, -0.2) is 68.2 Å². The number of hydrogen-bond acceptors (Lipinski definition) is 6. The molecule has 2 N–H and O–H groups in total. The lowest BCUT2D eigenvalue weighted by Crippen LogP contribution is -2.49. The summed E-state index contributed by atoms with van der Waals surface area (Å²) in [5, 5.41) is 5.01. The maximum Gasteiger partial charge on any atom is 0.313 e. The molecule has 2 heterocycles. The Labute approximate surface area is 179 Å². The molecule has 0 saturated carbocycles. The van der Waals surface area contributed by atoms with Gasteiger partial charge in [-0.3, -0.25) is 14.5 Å². The van der Waals surface area contributed by atoms with Gasteiger partial charge in [0.2, 0.25) is 6.79 Å². The molecule has 2 amide bonds. The van der Waals surface area contributed by atoms with E-state index < -0.39 is 17.6 Å². The smallest absolute Gasteiger partial charge is 0.313 e. The van der Waals surface area contributed by atoms with Crippen LogP contribution in [0.25, 0.3) is 0 Å². The predicted octanol–water partition coefficient (Wildman–Crippen LogP) is 1.60. The minimum atomic E-state index is -0.909. The van der Waals surface area contributed by atoms with E-state index in [9.17, 15) is 14.0 Å². The van der Waals surface area contributed by atoms with E-state index in [0.29, 0.717) is 11.5 Å². The summed E-state index contributed by atoms with van der Waals surface area (Å²) in [4.78, 5) is 29.2. The minimum absolute atomic E-state index is 0.0333. The van der Waals surface area contributed by atoms with Crippen molar-refractivity contribution in [2.24, 2.45) is 0 Å². The van der Waals surface area contributed by atoms with E-state index in [2.05, 4.69) is 27.5 Å². The zero-order chi connectivity index (χ0) is 21.8. The Kier molecular flexibility index (Phi) is 6.34. The number of piperazine rings is 1. The molecule has 0 spiro atoms. The average Bonchev–Trinajstić information content (AvgIpc) is 3.24. The Morgan fingerprint density at radius 2 is 1.77 bits per heavy atom.